The number of likely N-dealkylation sites (tertiary alicyclic amines) is 2. The van der Waals surface area contributed by atoms with Gasteiger partial charge in [0.05, 0.1) is 11.0 Å². The van der Waals surface area contributed by atoms with Gasteiger partial charge in [0.1, 0.15) is 17.7 Å². The van der Waals surface area contributed by atoms with E-state index < -0.39 is 34.7 Å². The first kappa shape index (κ1) is 22.3. The number of hydrogen-bond donors (Lipinski definition) is 1. The maximum absolute atomic E-state index is 13.2. The molecule has 166 valence electrons. The molecular weight excluding hydrogens is 404 g/mol. The van der Waals surface area contributed by atoms with Crippen molar-refractivity contribution in [2.24, 2.45) is 0 Å². The average Bonchev–Trinajstić information content (AvgIpc) is 3.33. The monoisotopic (exact) mass is 430 g/mol. The van der Waals surface area contributed by atoms with Gasteiger partial charge < -0.3 is 15.0 Å². The van der Waals surface area contributed by atoms with Crippen LogP contribution in [0.5, 0.6) is 0 Å². The number of ether oxygens (including phenoxy) is 1. The molecule has 3 atom stereocenters. The molecule has 1 unspecified atom stereocenters. The number of aromatic nitrogens is 1. The molecule has 2 amide bonds. The summed E-state index contributed by atoms with van der Waals surface area (Å²) in [6.45, 7) is 5.77. The Kier molecular flexibility index (Phi) is 6.29. The van der Waals surface area contributed by atoms with Crippen molar-refractivity contribution in [1.29, 1.82) is 5.26 Å². The molecule has 1 N–H and O–H groups in total. The van der Waals surface area contributed by atoms with E-state index >= 15 is 0 Å². The maximum Gasteiger partial charge on any atom is 0.411 e. The van der Waals surface area contributed by atoms with Gasteiger partial charge in [-0.1, -0.05) is 0 Å². The minimum atomic E-state index is -0.830. The highest BCUT2D eigenvalue weighted by atomic mass is 16.6. The molecule has 11 heteroatoms. The molecule has 3 heterocycles. The molecule has 2 aliphatic rings. The van der Waals surface area contributed by atoms with Gasteiger partial charge in [0.2, 0.25) is 11.7 Å². The Balaban J connectivity index is 1.83. The van der Waals surface area contributed by atoms with Gasteiger partial charge in [-0.25, -0.2) is 9.78 Å². The van der Waals surface area contributed by atoms with E-state index in [9.17, 15) is 25.0 Å². The number of carbonyl (C=O) groups excluding carboxylic acids is 2. The molecule has 3 rings (SSSR count). The van der Waals surface area contributed by atoms with E-state index in [0.717, 1.165) is 6.42 Å². The smallest absolute Gasteiger partial charge is 0.411 e. The van der Waals surface area contributed by atoms with Crippen LogP contribution in [0.1, 0.15) is 40.0 Å². The van der Waals surface area contributed by atoms with Crippen LogP contribution in [-0.2, 0) is 9.53 Å². The lowest BCUT2D eigenvalue weighted by atomic mass is 10.1. The topological polar surface area (TPSA) is 142 Å². The minimum absolute atomic E-state index is 0.0748. The zero-order valence-corrected chi connectivity index (χ0v) is 17.8. The van der Waals surface area contributed by atoms with Crippen LogP contribution in [-0.4, -0.2) is 68.5 Å². The van der Waals surface area contributed by atoms with E-state index in [1.54, 1.807) is 20.8 Å². The van der Waals surface area contributed by atoms with Crippen molar-refractivity contribution < 1.29 is 19.2 Å². The zero-order valence-electron chi connectivity index (χ0n) is 17.8. The third-order valence-electron chi connectivity index (χ3n) is 5.22. The molecule has 0 bridgehead atoms. The van der Waals surface area contributed by atoms with Crippen molar-refractivity contribution in [3.8, 4) is 6.07 Å². The molecule has 31 heavy (non-hydrogen) atoms. The SMILES string of the molecule is CC(C)(C)OC(=O)N1C[C@@H](Nc2ncccc2[N+](=O)[O-])C[C@H]1C(=O)N1CCCC1C#N. The predicted octanol–water partition coefficient (Wildman–Crippen LogP) is 2.29. The number of nitriles is 1. The van der Waals surface area contributed by atoms with E-state index in [4.69, 9.17) is 4.74 Å². The minimum Gasteiger partial charge on any atom is -0.444 e. The fourth-order valence-electron chi connectivity index (χ4n) is 3.90. The Morgan fingerprint density at radius 2 is 2.13 bits per heavy atom. The molecule has 0 spiro atoms. The lowest BCUT2D eigenvalue weighted by Gasteiger charge is -2.30. The van der Waals surface area contributed by atoms with Crippen molar-refractivity contribution in [2.75, 3.05) is 18.4 Å². The number of amides is 2. The van der Waals surface area contributed by atoms with Crippen molar-refractivity contribution >= 4 is 23.5 Å². The molecule has 0 aliphatic carbocycles. The van der Waals surface area contributed by atoms with Crippen LogP contribution in [0.15, 0.2) is 18.3 Å². The summed E-state index contributed by atoms with van der Waals surface area (Å²) in [5.74, 6) is -0.236. The largest absolute Gasteiger partial charge is 0.444 e. The Labute approximate surface area is 180 Å². The summed E-state index contributed by atoms with van der Waals surface area (Å²) in [6, 6.07) is 3.15. The first-order chi connectivity index (χ1) is 14.6. The molecule has 2 fully saturated rings. The quantitative estimate of drug-likeness (QED) is 0.566. The molecule has 11 nitrogen and oxygen atoms in total. The average molecular weight is 430 g/mol. The Hall–Kier alpha value is -3.42. The van der Waals surface area contributed by atoms with E-state index in [-0.39, 0.29) is 30.4 Å². The standard InChI is InChI=1S/C20H26N6O5/c1-20(2,3)31-19(28)25-12-13(23-17-15(26(29)30)7-4-8-22-17)10-16(25)18(27)24-9-5-6-14(24)11-21/h4,7-8,13-14,16H,5-6,9-10,12H2,1-3H3,(H,22,23)/t13-,14?,16-/m0/s1. The van der Waals surface area contributed by atoms with Gasteiger partial charge in [-0.3, -0.25) is 19.8 Å². The van der Waals surface area contributed by atoms with Gasteiger partial charge in [-0.2, -0.15) is 5.26 Å². The summed E-state index contributed by atoms with van der Waals surface area (Å²) < 4.78 is 5.48. The van der Waals surface area contributed by atoms with Crippen molar-refractivity contribution in [2.45, 2.75) is 63.8 Å². The third-order valence-corrected chi connectivity index (χ3v) is 5.22. The molecular formula is C20H26N6O5. The normalized spacial score (nSPS) is 23.4. The molecule has 0 saturated carbocycles. The predicted molar refractivity (Wildman–Crippen MR) is 110 cm³/mol. The summed E-state index contributed by atoms with van der Waals surface area (Å²) in [7, 11) is 0. The fourth-order valence-corrected chi connectivity index (χ4v) is 3.90. The lowest BCUT2D eigenvalue weighted by molar-refractivity contribution is -0.384. The van der Waals surface area contributed by atoms with E-state index in [1.807, 2.05) is 0 Å². The summed E-state index contributed by atoms with van der Waals surface area (Å²) >= 11 is 0. The summed E-state index contributed by atoms with van der Waals surface area (Å²) in [4.78, 5) is 43.7. The van der Waals surface area contributed by atoms with E-state index in [0.29, 0.717) is 13.0 Å². The van der Waals surface area contributed by atoms with Crippen LogP contribution in [0.25, 0.3) is 0 Å². The molecule has 1 aromatic rings. The number of nitrogens with one attached hydrogen (secondary N) is 1. The van der Waals surface area contributed by atoms with Crippen molar-refractivity contribution in [3.63, 3.8) is 0 Å². The number of anilines is 1. The summed E-state index contributed by atoms with van der Waals surface area (Å²) in [5, 5.41) is 23.6. The lowest BCUT2D eigenvalue weighted by Crippen LogP contribution is -2.50. The molecule has 0 aromatic carbocycles. The summed E-state index contributed by atoms with van der Waals surface area (Å²) in [6.07, 6.45) is 2.34. The van der Waals surface area contributed by atoms with Crippen LogP contribution in [0.4, 0.5) is 16.3 Å². The first-order valence-corrected chi connectivity index (χ1v) is 10.2. The Bertz CT molecular complexity index is 908. The molecule has 0 radical (unpaired) electrons. The van der Waals surface area contributed by atoms with Crippen molar-refractivity contribution in [1.82, 2.24) is 14.8 Å². The highest BCUT2D eigenvalue weighted by Crippen LogP contribution is 2.29. The van der Waals surface area contributed by atoms with Gasteiger partial charge >= 0.3 is 11.8 Å². The molecule has 2 saturated heterocycles. The molecule has 2 aliphatic heterocycles. The van der Waals surface area contributed by atoms with Gasteiger partial charge in [0.15, 0.2) is 0 Å². The van der Waals surface area contributed by atoms with Crippen LogP contribution in [0.2, 0.25) is 0 Å². The highest BCUT2D eigenvalue weighted by molar-refractivity contribution is 5.87. The second-order valence-corrected chi connectivity index (χ2v) is 8.67. The number of hydrogen-bond acceptors (Lipinski definition) is 8. The van der Waals surface area contributed by atoms with Crippen LogP contribution >= 0.6 is 0 Å². The van der Waals surface area contributed by atoms with Gasteiger partial charge in [0, 0.05) is 31.4 Å². The zero-order chi connectivity index (χ0) is 22.8. The van der Waals surface area contributed by atoms with E-state index in [1.165, 1.54) is 28.1 Å². The number of carbonyl (C=O) groups is 2. The number of pyridine rings is 1. The van der Waals surface area contributed by atoms with Gasteiger partial charge in [-0.15, -0.1) is 0 Å². The van der Waals surface area contributed by atoms with Crippen molar-refractivity contribution in [3.05, 3.63) is 28.4 Å². The Morgan fingerprint density at radius 3 is 2.77 bits per heavy atom. The number of nitro groups is 1. The van der Waals surface area contributed by atoms with Crippen LogP contribution in [0, 0.1) is 21.4 Å². The number of rotatable bonds is 4. The number of nitrogens with zero attached hydrogens (tertiary/aromatic N) is 5. The van der Waals surface area contributed by atoms with E-state index in [2.05, 4.69) is 16.4 Å². The summed E-state index contributed by atoms with van der Waals surface area (Å²) in [5.41, 5.74) is -0.941. The fraction of sp³-hybridized carbons (Fsp3) is 0.600. The van der Waals surface area contributed by atoms with Gasteiger partial charge in [-0.05, 0) is 46.1 Å². The maximum atomic E-state index is 13.2. The van der Waals surface area contributed by atoms with Crippen LogP contribution in [0.3, 0.4) is 0 Å². The first-order valence-electron chi connectivity index (χ1n) is 10.2. The highest BCUT2D eigenvalue weighted by Gasteiger charge is 2.45. The second kappa shape index (κ2) is 8.75. The Morgan fingerprint density at radius 1 is 1.39 bits per heavy atom. The van der Waals surface area contributed by atoms with Crippen LogP contribution < -0.4 is 5.32 Å². The molecule has 1 aromatic heterocycles. The van der Waals surface area contributed by atoms with Gasteiger partial charge in [0.25, 0.3) is 0 Å². The second-order valence-electron chi connectivity index (χ2n) is 8.67. The third kappa shape index (κ3) is 5.02.